The molecule has 0 spiro atoms. The van der Waals surface area contributed by atoms with Crippen LogP contribution in [-0.4, -0.2) is 11.6 Å². The Labute approximate surface area is 108 Å². The molecule has 0 radical (unpaired) electrons. The summed E-state index contributed by atoms with van der Waals surface area (Å²) < 4.78 is 5.79. The lowest BCUT2D eigenvalue weighted by atomic mass is 10.1. The van der Waals surface area contributed by atoms with Gasteiger partial charge in [0.2, 0.25) is 0 Å². The minimum Gasteiger partial charge on any atom is -0.493 e. The molecule has 92 valence electrons. The van der Waals surface area contributed by atoms with Crippen LogP contribution in [0.15, 0.2) is 24.3 Å². The van der Waals surface area contributed by atoms with Crippen molar-refractivity contribution < 1.29 is 4.74 Å². The van der Waals surface area contributed by atoms with Gasteiger partial charge in [-0.05, 0) is 24.5 Å². The molecule has 1 fully saturated rings. The third-order valence-corrected chi connectivity index (χ3v) is 3.63. The molecule has 2 rings (SSSR count). The molecule has 1 aromatic rings. The van der Waals surface area contributed by atoms with E-state index in [1.54, 1.807) is 0 Å². The third kappa shape index (κ3) is 3.43. The Hall–Kier alpha value is -1.09. The van der Waals surface area contributed by atoms with Crippen molar-refractivity contribution >= 4 is 17.2 Å². The molecule has 3 heteroatoms. The van der Waals surface area contributed by atoms with Gasteiger partial charge in [0.15, 0.2) is 0 Å². The highest BCUT2D eigenvalue weighted by molar-refractivity contribution is 7.80. The van der Waals surface area contributed by atoms with Crippen molar-refractivity contribution in [1.29, 1.82) is 0 Å². The molecular formula is C14H19NOS. The average molecular weight is 249 g/mol. The van der Waals surface area contributed by atoms with E-state index in [1.807, 2.05) is 24.3 Å². The number of hydrogen-bond donors (Lipinski definition) is 1. The van der Waals surface area contributed by atoms with Crippen molar-refractivity contribution in [2.45, 2.75) is 32.1 Å². The van der Waals surface area contributed by atoms with Crippen molar-refractivity contribution in [2.75, 3.05) is 6.61 Å². The zero-order chi connectivity index (χ0) is 12.1. The first-order valence-corrected chi connectivity index (χ1v) is 6.70. The minimum atomic E-state index is 0.404. The second-order valence-corrected chi connectivity index (χ2v) is 5.09. The third-order valence-electron chi connectivity index (χ3n) is 3.41. The fourth-order valence-corrected chi connectivity index (χ4v) is 2.60. The molecule has 0 aromatic heterocycles. The van der Waals surface area contributed by atoms with Crippen molar-refractivity contribution in [3.8, 4) is 5.75 Å². The molecule has 0 unspecified atom stereocenters. The number of para-hydroxylation sites is 1. The SMILES string of the molecule is NC(=S)c1ccccc1OCCC1CCCC1. The number of thiocarbonyl (C=S) groups is 1. The Bertz CT molecular complexity index is 386. The van der Waals surface area contributed by atoms with Gasteiger partial charge in [-0.25, -0.2) is 0 Å². The van der Waals surface area contributed by atoms with Crippen molar-refractivity contribution in [3.63, 3.8) is 0 Å². The molecule has 0 bridgehead atoms. The predicted octanol–water partition coefficient (Wildman–Crippen LogP) is 3.28. The van der Waals surface area contributed by atoms with Crippen LogP contribution in [0, 0.1) is 5.92 Å². The van der Waals surface area contributed by atoms with E-state index in [4.69, 9.17) is 22.7 Å². The molecule has 0 heterocycles. The van der Waals surface area contributed by atoms with Gasteiger partial charge in [0.25, 0.3) is 0 Å². The van der Waals surface area contributed by atoms with Gasteiger partial charge in [-0.15, -0.1) is 0 Å². The van der Waals surface area contributed by atoms with E-state index >= 15 is 0 Å². The molecule has 1 aromatic carbocycles. The quantitative estimate of drug-likeness (QED) is 0.813. The van der Waals surface area contributed by atoms with Gasteiger partial charge >= 0.3 is 0 Å². The van der Waals surface area contributed by atoms with E-state index in [9.17, 15) is 0 Å². The van der Waals surface area contributed by atoms with Crippen molar-refractivity contribution in [2.24, 2.45) is 11.7 Å². The average Bonchev–Trinajstić information content (AvgIpc) is 2.82. The summed E-state index contributed by atoms with van der Waals surface area (Å²) in [6, 6.07) is 7.72. The smallest absolute Gasteiger partial charge is 0.129 e. The van der Waals surface area contributed by atoms with Crippen LogP contribution in [0.5, 0.6) is 5.75 Å². The summed E-state index contributed by atoms with van der Waals surface area (Å²) in [5, 5.41) is 0. The highest BCUT2D eigenvalue weighted by Crippen LogP contribution is 2.28. The van der Waals surface area contributed by atoms with E-state index in [2.05, 4.69) is 0 Å². The van der Waals surface area contributed by atoms with Gasteiger partial charge in [-0.2, -0.15) is 0 Å². The normalized spacial score (nSPS) is 16.0. The Morgan fingerprint density at radius 3 is 2.71 bits per heavy atom. The summed E-state index contributed by atoms with van der Waals surface area (Å²) in [6.07, 6.45) is 6.63. The lowest BCUT2D eigenvalue weighted by Crippen LogP contribution is -2.12. The van der Waals surface area contributed by atoms with Crippen LogP contribution >= 0.6 is 12.2 Å². The molecule has 1 aliphatic rings. The van der Waals surface area contributed by atoms with Crippen LogP contribution in [0.2, 0.25) is 0 Å². The summed E-state index contributed by atoms with van der Waals surface area (Å²) in [5.41, 5.74) is 6.50. The fraction of sp³-hybridized carbons (Fsp3) is 0.500. The molecule has 1 aliphatic carbocycles. The lowest BCUT2D eigenvalue weighted by Gasteiger charge is -2.12. The Balaban J connectivity index is 1.87. The maximum atomic E-state index is 5.79. The van der Waals surface area contributed by atoms with E-state index < -0.39 is 0 Å². The zero-order valence-corrected chi connectivity index (χ0v) is 10.8. The fourth-order valence-electron chi connectivity index (χ4n) is 2.43. The summed E-state index contributed by atoms with van der Waals surface area (Å²) in [7, 11) is 0. The maximum Gasteiger partial charge on any atom is 0.129 e. The van der Waals surface area contributed by atoms with Crippen LogP contribution in [0.4, 0.5) is 0 Å². The van der Waals surface area contributed by atoms with E-state index in [0.29, 0.717) is 4.99 Å². The Kier molecular flexibility index (Phi) is 4.37. The van der Waals surface area contributed by atoms with Gasteiger partial charge in [0, 0.05) is 0 Å². The van der Waals surface area contributed by atoms with Crippen LogP contribution in [-0.2, 0) is 0 Å². The summed E-state index contributed by atoms with van der Waals surface area (Å²) in [4.78, 5) is 0.404. The number of rotatable bonds is 5. The minimum absolute atomic E-state index is 0.404. The lowest BCUT2D eigenvalue weighted by molar-refractivity contribution is 0.279. The maximum absolute atomic E-state index is 5.79. The van der Waals surface area contributed by atoms with E-state index in [0.717, 1.165) is 30.3 Å². The second-order valence-electron chi connectivity index (χ2n) is 4.65. The van der Waals surface area contributed by atoms with Crippen LogP contribution < -0.4 is 10.5 Å². The molecule has 2 N–H and O–H groups in total. The zero-order valence-electron chi connectivity index (χ0n) is 10.0. The number of benzene rings is 1. The summed E-state index contributed by atoms with van der Waals surface area (Å²) >= 11 is 5.01. The first kappa shape index (κ1) is 12.4. The molecule has 0 saturated heterocycles. The van der Waals surface area contributed by atoms with Crippen molar-refractivity contribution in [3.05, 3.63) is 29.8 Å². The van der Waals surface area contributed by atoms with Crippen LogP contribution in [0.1, 0.15) is 37.7 Å². The Morgan fingerprint density at radius 1 is 1.29 bits per heavy atom. The number of nitrogens with two attached hydrogens (primary N) is 1. The summed E-state index contributed by atoms with van der Waals surface area (Å²) in [5.74, 6) is 1.67. The van der Waals surface area contributed by atoms with Gasteiger partial charge in [0.1, 0.15) is 10.7 Å². The van der Waals surface area contributed by atoms with Gasteiger partial charge in [-0.3, -0.25) is 0 Å². The topological polar surface area (TPSA) is 35.2 Å². The first-order chi connectivity index (χ1) is 8.27. The van der Waals surface area contributed by atoms with Crippen LogP contribution in [0.25, 0.3) is 0 Å². The molecule has 0 atom stereocenters. The number of ether oxygens (including phenoxy) is 1. The standard InChI is InChI=1S/C14H19NOS/c15-14(17)12-7-3-4-8-13(12)16-10-9-11-5-1-2-6-11/h3-4,7-8,11H,1-2,5-6,9-10H2,(H2,15,17). The molecule has 0 aliphatic heterocycles. The van der Waals surface area contributed by atoms with Gasteiger partial charge in [-0.1, -0.05) is 50.0 Å². The molecular weight excluding hydrogens is 230 g/mol. The van der Waals surface area contributed by atoms with E-state index in [-0.39, 0.29) is 0 Å². The van der Waals surface area contributed by atoms with Gasteiger partial charge < -0.3 is 10.5 Å². The van der Waals surface area contributed by atoms with Crippen molar-refractivity contribution in [1.82, 2.24) is 0 Å². The highest BCUT2D eigenvalue weighted by atomic mass is 32.1. The van der Waals surface area contributed by atoms with Crippen LogP contribution in [0.3, 0.4) is 0 Å². The monoisotopic (exact) mass is 249 g/mol. The molecule has 17 heavy (non-hydrogen) atoms. The first-order valence-electron chi connectivity index (χ1n) is 6.29. The number of hydrogen-bond acceptors (Lipinski definition) is 2. The molecule has 2 nitrogen and oxygen atoms in total. The second kappa shape index (κ2) is 6.01. The largest absolute Gasteiger partial charge is 0.493 e. The Morgan fingerprint density at radius 2 is 2.00 bits per heavy atom. The molecule has 1 saturated carbocycles. The predicted molar refractivity (Wildman–Crippen MR) is 74.4 cm³/mol. The molecule has 0 amide bonds. The highest BCUT2D eigenvalue weighted by Gasteiger charge is 2.15. The summed E-state index contributed by atoms with van der Waals surface area (Å²) in [6.45, 7) is 0.768. The van der Waals surface area contributed by atoms with E-state index in [1.165, 1.54) is 25.7 Å². The van der Waals surface area contributed by atoms with Gasteiger partial charge in [0.05, 0.1) is 12.2 Å².